The van der Waals surface area contributed by atoms with Crippen molar-refractivity contribution in [2.45, 2.75) is 45.1 Å². The van der Waals surface area contributed by atoms with Crippen LogP contribution >= 0.6 is 0 Å². The largest absolute Gasteiger partial charge is 0.492 e. The fourth-order valence-corrected chi connectivity index (χ4v) is 3.20. The number of rotatable bonds is 6. The molecule has 27 heavy (non-hydrogen) atoms. The summed E-state index contributed by atoms with van der Waals surface area (Å²) < 4.78 is 7.68. The van der Waals surface area contributed by atoms with E-state index in [4.69, 9.17) is 4.74 Å². The van der Waals surface area contributed by atoms with Gasteiger partial charge in [0.15, 0.2) is 0 Å². The molecular formula is C21H30N4O2. The van der Waals surface area contributed by atoms with Gasteiger partial charge in [0, 0.05) is 12.7 Å². The van der Waals surface area contributed by atoms with Crippen LogP contribution in [0.4, 0.5) is 0 Å². The zero-order valence-electron chi connectivity index (χ0n) is 16.5. The first kappa shape index (κ1) is 19.4. The van der Waals surface area contributed by atoms with Crippen molar-refractivity contribution in [1.82, 2.24) is 20.4 Å². The van der Waals surface area contributed by atoms with Crippen LogP contribution in [-0.4, -0.2) is 41.9 Å². The Balaban J connectivity index is 1.45. The Morgan fingerprint density at radius 3 is 2.96 bits per heavy atom. The number of nitrogens with one attached hydrogen (secondary N) is 2. The van der Waals surface area contributed by atoms with Crippen LogP contribution < -0.4 is 15.4 Å². The Kier molecular flexibility index (Phi) is 6.16. The maximum Gasteiger partial charge on any atom is 0.271 e. The van der Waals surface area contributed by atoms with Gasteiger partial charge in [-0.05, 0) is 48.6 Å². The molecule has 1 fully saturated rings. The van der Waals surface area contributed by atoms with Crippen LogP contribution in [0, 0.1) is 0 Å². The minimum Gasteiger partial charge on any atom is -0.492 e. The van der Waals surface area contributed by atoms with E-state index >= 15 is 0 Å². The predicted octanol–water partition coefficient (Wildman–Crippen LogP) is 2.91. The van der Waals surface area contributed by atoms with E-state index in [2.05, 4.69) is 48.6 Å². The quantitative estimate of drug-likeness (QED) is 0.767. The minimum absolute atomic E-state index is 0.0836. The lowest BCUT2D eigenvalue weighted by molar-refractivity contribution is 0.0940. The van der Waals surface area contributed by atoms with Crippen LogP contribution in [-0.2, 0) is 5.41 Å². The summed E-state index contributed by atoms with van der Waals surface area (Å²) in [5.74, 6) is 0.662. The Labute approximate surface area is 161 Å². The molecule has 1 aromatic carbocycles. The molecule has 2 N–H and O–H groups in total. The molecule has 1 atom stereocenters. The lowest BCUT2D eigenvalue weighted by atomic mass is 9.87. The van der Waals surface area contributed by atoms with Gasteiger partial charge in [-0.3, -0.25) is 9.48 Å². The van der Waals surface area contributed by atoms with Crippen LogP contribution in [0.25, 0.3) is 0 Å². The highest BCUT2D eigenvalue weighted by Gasteiger charge is 2.17. The Bertz CT molecular complexity index is 758. The topological polar surface area (TPSA) is 68.2 Å². The van der Waals surface area contributed by atoms with Crippen molar-refractivity contribution in [3.05, 3.63) is 47.8 Å². The molecule has 1 aromatic heterocycles. The third kappa shape index (κ3) is 5.32. The molecule has 3 rings (SSSR count). The fraction of sp³-hybridized carbons (Fsp3) is 0.524. The van der Waals surface area contributed by atoms with Crippen LogP contribution in [0.5, 0.6) is 5.75 Å². The molecule has 1 saturated heterocycles. The second kappa shape index (κ2) is 8.57. The van der Waals surface area contributed by atoms with Crippen LogP contribution in [0.15, 0.2) is 36.5 Å². The van der Waals surface area contributed by atoms with Gasteiger partial charge in [0.05, 0.1) is 12.6 Å². The first-order valence-electron chi connectivity index (χ1n) is 9.71. The molecule has 0 saturated carbocycles. The monoisotopic (exact) mass is 370 g/mol. The first-order valence-corrected chi connectivity index (χ1v) is 9.71. The van der Waals surface area contributed by atoms with E-state index in [1.807, 2.05) is 23.0 Å². The molecule has 6 heteroatoms. The van der Waals surface area contributed by atoms with Crippen LogP contribution in [0.2, 0.25) is 0 Å². The Hall–Kier alpha value is -2.34. The molecule has 0 spiro atoms. The van der Waals surface area contributed by atoms with Crippen molar-refractivity contribution >= 4 is 5.91 Å². The summed E-state index contributed by atoms with van der Waals surface area (Å²) in [6.07, 6.45) is 4.12. The number of piperidine rings is 1. The summed E-state index contributed by atoms with van der Waals surface area (Å²) in [5.41, 5.74) is 1.77. The highest BCUT2D eigenvalue weighted by Crippen LogP contribution is 2.25. The van der Waals surface area contributed by atoms with E-state index in [1.54, 1.807) is 6.07 Å². The van der Waals surface area contributed by atoms with Crippen molar-refractivity contribution in [3.63, 3.8) is 0 Å². The van der Waals surface area contributed by atoms with Gasteiger partial charge in [-0.2, -0.15) is 5.10 Å². The normalized spacial score (nSPS) is 17.5. The molecular weight excluding hydrogens is 340 g/mol. The number of ether oxygens (including phenoxy) is 1. The molecule has 2 aromatic rings. The van der Waals surface area contributed by atoms with Gasteiger partial charge in [-0.25, -0.2) is 0 Å². The number of amides is 1. The first-order chi connectivity index (χ1) is 12.9. The second-order valence-electron chi connectivity index (χ2n) is 8.06. The van der Waals surface area contributed by atoms with Gasteiger partial charge in [-0.1, -0.05) is 32.9 Å². The summed E-state index contributed by atoms with van der Waals surface area (Å²) in [6, 6.07) is 10.2. The van der Waals surface area contributed by atoms with E-state index in [9.17, 15) is 4.79 Å². The Morgan fingerprint density at radius 1 is 1.37 bits per heavy atom. The average Bonchev–Trinajstić information content (AvgIpc) is 3.16. The van der Waals surface area contributed by atoms with Crippen LogP contribution in [0.3, 0.4) is 0 Å². The maximum atomic E-state index is 12.3. The SMILES string of the molecule is CC(C)(C)c1cccc(OCCNC(=O)c2ccn(C3CCCNC3)n2)c1. The van der Waals surface area contributed by atoms with Gasteiger partial charge < -0.3 is 15.4 Å². The number of nitrogens with zero attached hydrogens (tertiary/aromatic N) is 2. The molecule has 1 amide bonds. The molecule has 146 valence electrons. The van der Waals surface area contributed by atoms with Crippen molar-refractivity contribution in [1.29, 1.82) is 0 Å². The summed E-state index contributed by atoms with van der Waals surface area (Å²) in [4.78, 5) is 12.3. The van der Waals surface area contributed by atoms with Crippen molar-refractivity contribution in [3.8, 4) is 5.75 Å². The number of carbonyl (C=O) groups is 1. The van der Waals surface area contributed by atoms with E-state index < -0.39 is 0 Å². The highest BCUT2D eigenvalue weighted by molar-refractivity contribution is 5.92. The van der Waals surface area contributed by atoms with E-state index in [-0.39, 0.29) is 11.3 Å². The van der Waals surface area contributed by atoms with Crippen molar-refractivity contribution in [2.24, 2.45) is 0 Å². The molecule has 0 bridgehead atoms. The van der Waals surface area contributed by atoms with Gasteiger partial charge in [0.1, 0.15) is 18.1 Å². The number of carbonyl (C=O) groups excluding carboxylic acids is 1. The molecule has 6 nitrogen and oxygen atoms in total. The third-order valence-corrected chi connectivity index (χ3v) is 4.84. The lowest BCUT2D eigenvalue weighted by Gasteiger charge is -2.22. The van der Waals surface area contributed by atoms with Crippen molar-refractivity contribution in [2.75, 3.05) is 26.2 Å². The third-order valence-electron chi connectivity index (χ3n) is 4.84. The molecule has 0 radical (unpaired) electrons. The van der Waals surface area contributed by atoms with Gasteiger partial charge >= 0.3 is 0 Å². The van der Waals surface area contributed by atoms with Gasteiger partial charge in [0.2, 0.25) is 0 Å². The van der Waals surface area contributed by atoms with Crippen molar-refractivity contribution < 1.29 is 9.53 Å². The second-order valence-corrected chi connectivity index (χ2v) is 8.06. The number of benzene rings is 1. The number of hydrogen-bond acceptors (Lipinski definition) is 4. The number of hydrogen-bond donors (Lipinski definition) is 2. The molecule has 2 heterocycles. The summed E-state index contributed by atoms with van der Waals surface area (Å²) in [6.45, 7) is 9.36. The average molecular weight is 370 g/mol. The summed E-state index contributed by atoms with van der Waals surface area (Å²) in [5, 5.41) is 10.7. The van der Waals surface area contributed by atoms with E-state index in [0.717, 1.165) is 31.7 Å². The zero-order chi connectivity index (χ0) is 19.3. The summed E-state index contributed by atoms with van der Waals surface area (Å²) >= 11 is 0. The zero-order valence-corrected chi connectivity index (χ0v) is 16.5. The predicted molar refractivity (Wildman–Crippen MR) is 106 cm³/mol. The summed E-state index contributed by atoms with van der Waals surface area (Å²) in [7, 11) is 0. The maximum absolute atomic E-state index is 12.3. The molecule has 1 unspecified atom stereocenters. The van der Waals surface area contributed by atoms with Gasteiger partial charge in [-0.15, -0.1) is 0 Å². The minimum atomic E-state index is -0.162. The molecule has 1 aliphatic rings. The fourth-order valence-electron chi connectivity index (χ4n) is 3.20. The highest BCUT2D eigenvalue weighted by atomic mass is 16.5. The number of aromatic nitrogens is 2. The van der Waals surface area contributed by atoms with E-state index in [0.29, 0.717) is 24.9 Å². The van der Waals surface area contributed by atoms with Crippen LogP contribution in [0.1, 0.15) is 55.7 Å². The Morgan fingerprint density at radius 2 is 2.22 bits per heavy atom. The van der Waals surface area contributed by atoms with Gasteiger partial charge in [0.25, 0.3) is 5.91 Å². The van der Waals surface area contributed by atoms with E-state index in [1.165, 1.54) is 5.56 Å². The molecule has 1 aliphatic heterocycles. The standard InChI is InChI=1S/C21H30N4O2/c1-21(2,3)16-6-4-8-18(14-16)27-13-11-23-20(26)19-9-12-25(24-19)17-7-5-10-22-15-17/h4,6,8-9,12,14,17,22H,5,7,10-11,13,15H2,1-3H3,(H,23,26). The lowest BCUT2D eigenvalue weighted by Crippen LogP contribution is -2.32. The smallest absolute Gasteiger partial charge is 0.271 e. The molecule has 0 aliphatic carbocycles.